The Morgan fingerprint density at radius 1 is 1.35 bits per heavy atom. The van der Waals surface area contributed by atoms with Crippen LogP contribution in [0.3, 0.4) is 0 Å². The molecule has 0 aromatic heterocycles. The van der Waals surface area contributed by atoms with E-state index in [9.17, 15) is 9.90 Å². The van der Waals surface area contributed by atoms with Crippen LogP contribution in [0.4, 0.5) is 4.79 Å². The molecule has 2 N–H and O–H groups in total. The lowest BCUT2D eigenvalue weighted by molar-refractivity contribution is 0.0565. The molecule has 1 aliphatic carbocycles. The molecule has 128 valence electrons. The van der Waals surface area contributed by atoms with Crippen molar-refractivity contribution in [3.05, 3.63) is 35.4 Å². The standard InChI is InChI=1S/C18H28N2O3/c1-20(12-16-8-3-4-9-17(16)21)18(22)19-11-14-6-5-7-15(10-14)13-23-2/h5-7,10,16-17,21H,3-4,8-9,11-13H2,1-2H3,(H,19,22). The molecule has 1 aromatic carbocycles. The molecule has 0 spiro atoms. The maximum Gasteiger partial charge on any atom is 0.317 e. The topological polar surface area (TPSA) is 61.8 Å². The van der Waals surface area contributed by atoms with E-state index in [1.165, 1.54) is 0 Å². The highest BCUT2D eigenvalue weighted by molar-refractivity contribution is 5.73. The Labute approximate surface area is 138 Å². The lowest BCUT2D eigenvalue weighted by Crippen LogP contribution is -2.42. The Hall–Kier alpha value is -1.59. The minimum atomic E-state index is -0.273. The molecular formula is C18H28N2O3. The fourth-order valence-corrected chi connectivity index (χ4v) is 3.14. The Bertz CT molecular complexity index is 507. The summed E-state index contributed by atoms with van der Waals surface area (Å²) in [6, 6.07) is 7.91. The number of nitrogens with zero attached hydrogens (tertiary/aromatic N) is 1. The van der Waals surface area contributed by atoms with Gasteiger partial charge < -0.3 is 20.1 Å². The molecule has 1 aromatic rings. The smallest absolute Gasteiger partial charge is 0.317 e. The summed E-state index contributed by atoms with van der Waals surface area (Å²) in [5.41, 5.74) is 2.15. The number of carbonyl (C=O) groups is 1. The second kappa shape index (κ2) is 8.89. The van der Waals surface area contributed by atoms with Gasteiger partial charge in [0.15, 0.2) is 0 Å². The average Bonchev–Trinajstić information content (AvgIpc) is 2.55. The van der Waals surface area contributed by atoms with Gasteiger partial charge in [-0.05, 0) is 24.0 Å². The van der Waals surface area contributed by atoms with Crippen molar-refractivity contribution in [2.24, 2.45) is 5.92 Å². The number of hydrogen-bond donors (Lipinski definition) is 2. The second-order valence-corrected chi connectivity index (χ2v) is 6.40. The maximum absolute atomic E-state index is 12.2. The van der Waals surface area contributed by atoms with Gasteiger partial charge in [-0.2, -0.15) is 0 Å². The van der Waals surface area contributed by atoms with Crippen molar-refractivity contribution in [2.45, 2.75) is 44.9 Å². The van der Waals surface area contributed by atoms with Crippen LogP contribution in [-0.2, 0) is 17.9 Å². The van der Waals surface area contributed by atoms with Gasteiger partial charge in [-0.15, -0.1) is 0 Å². The molecule has 0 bridgehead atoms. The monoisotopic (exact) mass is 320 g/mol. The highest BCUT2D eigenvalue weighted by Crippen LogP contribution is 2.24. The maximum atomic E-state index is 12.2. The Balaban J connectivity index is 1.80. The van der Waals surface area contributed by atoms with E-state index in [4.69, 9.17) is 4.74 Å². The predicted octanol–water partition coefficient (Wildman–Crippen LogP) is 2.53. The fourth-order valence-electron chi connectivity index (χ4n) is 3.14. The molecule has 1 aliphatic rings. The Kier molecular flexibility index (Phi) is 6.86. The van der Waals surface area contributed by atoms with E-state index in [0.717, 1.165) is 36.8 Å². The van der Waals surface area contributed by atoms with Crippen LogP contribution in [0.5, 0.6) is 0 Å². The summed E-state index contributed by atoms with van der Waals surface area (Å²) < 4.78 is 5.12. The van der Waals surface area contributed by atoms with Crippen LogP contribution in [0.2, 0.25) is 0 Å². The van der Waals surface area contributed by atoms with Crippen LogP contribution in [0.15, 0.2) is 24.3 Å². The molecule has 0 saturated heterocycles. The van der Waals surface area contributed by atoms with Gasteiger partial charge in [-0.1, -0.05) is 37.1 Å². The van der Waals surface area contributed by atoms with Gasteiger partial charge >= 0.3 is 6.03 Å². The molecule has 2 rings (SSSR count). The molecule has 5 nitrogen and oxygen atoms in total. The third kappa shape index (κ3) is 5.52. The number of ether oxygens (including phenoxy) is 1. The quantitative estimate of drug-likeness (QED) is 0.847. The lowest BCUT2D eigenvalue weighted by Gasteiger charge is -2.31. The van der Waals surface area contributed by atoms with E-state index in [0.29, 0.717) is 19.7 Å². The Morgan fingerprint density at radius 2 is 2.09 bits per heavy atom. The summed E-state index contributed by atoms with van der Waals surface area (Å²) >= 11 is 0. The molecule has 0 radical (unpaired) electrons. The minimum absolute atomic E-state index is 0.0973. The molecule has 5 heteroatoms. The molecule has 2 unspecified atom stereocenters. The first-order valence-electron chi connectivity index (χ1n) is 8.34. The van der Waals surface area contributed by atoms with E-state index in [1.807, 2.05) is 24.3 Å². The summed E-state index contributed by atoms with van der Waals surface area (Å²) in [7, 11) is 3.46. The molecule has 2 atom stereocenters. The first kappa shape index (κ1) is 17.8. The van der Waals surface area contributed by atoms with Crippen LogP contribution in [0.1, 0.15) is 36.8 Å². The van der Waals surface area contributed by atoms with Crippen molar-refractivity contribution in [2.75, 3.05) is 20.7 Å². The molecule has 2 amide bonds. The number of hydrogen-bond acceptors (Lipinski definition) is 3. The Morgan fingerprint density at radius 3 is 2.83 bits per heavy atom. The first-order chi connectivity index (χ1) is 11.1. The van der Waals surface area contributed by atoms with Crippen molar-refractivity contribution >= 4 is 6.03 Å². The van der Waals surface area contributed by atoms with Crippen LogP contribution in [0, 0.1) is 5.92 Å². The SMILES string of the molecule is COCc1cccc(CNC(=O)N(C)CC2CCCCC2O)c1. The van der Waals surface area contributed by atoms with E-state index in [1.54, 1.807) is 19.1 Å². The average molecular weight is 320 g/mol. The summed E-state index contributed by atoms with van der Waals surface area (Å²) in [6.07, 6.45) is 3.81. The van der Waals surface area contributed by atoms with Gasteiger partial charge in [0.25, 0.3) is 0 Å². The number of amides is 2. The van der Waals surface area contributed by atoms with Crippen molar-refractivity contribution in [3.8, 4) is 0 Å². The molecule has 1 saturated carbocycles. The van der Waals surface area contributed by atoms with Gasteiger partial charge in [0, 0.05) is 33.2 Å². The zero-order chi connectivity index (χ0) is 16.7. The second-order valence-electron chi connectivity index (χ2n) is 6.40. The normalized spacial score (nSPS) is 21.0. The number of aliphatic hydroxyl groups excluding tert-OH is 1. The van der Waals surface area contributed by atoms with E-state index < -0.39 is 0 Å². The minimum Gasteiger partial charge on any atom is -0.393 e. The number of aliphatic hydroxyl groups is 1. The van der Waals surface area contributed by atoms with E-state index >= 15 is 0 Å². The van der Waals surface area contributed by atoms with Crippen molar-refractivity contribution in [3.63, 3.8) is 0 Å². The molecule has 0 heterocycles. The number of nitrogens with one attached hydrogen (secondary N) is 1. The van der Waals surface area contributed by atoms with Crippen molar-refractivity contribution in [1.82, 2.24) is 10.2 Å². The van der Waals surface area contributed by atoms with Crippen LogP contribution in [0.25, 0.3) is 0 Å². The number of methoxy groups -OCH3 is 1. The van der Waals surface area contributed by atoms with E-state index in [-0.39, 0.29) is 18.1 Å². The number of rotatable bonds is 6. The summed E-state index contributed by atoms with van der Waals surface area (Å²) in [5.74, 6) is 0.199. The zero-order valence-corrected chi connectivity index (χ0v) is 14.1. The predicted molar refractivity (Wildman–Crippen MR) is 90.0 cm³/mol. The largest absolute Gasteiger partial charge is 0.393 e. The summed E-state index contributed by atoms with van der Waals surface area (Å²) in [4.78, 5) is 13.9. The number of benzene rings is 1. The van der Waals surface area contributed by atoms with Gasteiger partial charge in [-0.25, -0.2) is 4.79 Å². The van der Waals surface area contributed by atoms with Crippen LogP contribution in [-0.4, -0.2) is 42.8 Å². The molecule has 23 heavy (non-hydrogen) atoms. The number of urea groups is 1. The lowest BCUT2D eigenvalue weighted by atomic mass is 9.86. The van der Waals surface area contributed by atoms with Crippen molar-refractivity contribution < 1.29 is 14.6 Å². The third-order valence-electron chi connectivity index (χ3n) is 4.47. The fraction of sp³-hybridized carbons (Fsp3) is 0.611. The summed E-state index contributed by atoms with van der Waals surface area (Å²) in [6.45, 7) is 1.67. The zero-order valence-electron chi connectivity index (χ0n) is 14.1. The molecule has 0 aliphatic heterocycles. The molecule has 1 fully saturated rings. The van der Waals surface area contributed by atoms with Gasteiger partial charge in [0.1, 0.15) is 0 Å². The highest BCUT2D eigenvalue weighted by Gasteiger charge is 2.25. The number of carbonyl (C=O) groups excluding carboxylic acids is 1. The van der Waals surface area contributed by atoms with Gasteiger partial charge in [-0.3, -0.25) is 0 Å². The summed E-state index contributed by atoms with van der Waals surface area (Å²) in [5, 5.41) is 13.0. The van der Waals surface area contributed by atoms with Crippen LogP contribution < -0.4 is 5.32 Å². The van der Waals surface area contributed by atoms with Gasteiger partial charge in [0.05, 0.1) is 12.7 Å². The van der Waals surface area contributed by atoms with Crippen LogP contribution >= 0.6 is 0 Å². The van der Waals surface area contributed by atoms with Gasteiger partial charge in [0.2, 0.25) is 0 Å². The highest BCUT2D eigenvalue weighted by atomic mass is 16.5. The third-order valence-corrected chi connectivity index (χ3v) is 4.47. The van der Waals surface area contributed by atoms with E-state index in [2.05, 4.69) is 5.32 Å². The molecular weight excluding hydrogens is 292 g/mol. The van der Waals surface area contributed by atoms with Crippen molar-refractivity contribution in [1.29, 1.82) is 0 Å². The first-order valence-corrected chi connectivity index (χ1v) is 8.34.